The molecule has 3 amide bonds. The zero-order valence-electron chi connectivity index (χ0n) is 62.5. The van der Waals surface area contributed by atoms with Gasteiger partial charge >= 0.3 is 18.2 Å². The first-order valence-electron chi connectivity index (χ1n) is 36.7. The van der Waals surface area contributed by atoms with Gasteiger partial charge in [0.1, 0.15) is 23.0 Å². The summed E-state index contributed by atoms with van der Waals surface area (Å²) in [5.41, 5.74) is 6.35. The Kier molecular flexibility index (Phi) is 29.4. The van der Waals surface area contributed by atoms with Crippen LogP contribution in [0.25, 0.3) is 0 Å². The summed E-state index contributed by atoms with van der Waals surface area (Å²) in [5, 5.41) is 13.4. The number of aliphatic carboxylic acids is 1. The highest BCUT2D eigenvalue weighted by Gasteiger charge is 2.45. The summed E-state index contributed by atoms with van der Waals surface area (Å²) in [5.74, 6) is -0.880. The lowest BCUT2D eigenvalue weighted by atomic mass is 9.84. The Morgan fingerprint density at radius 3 is 1.46 bits per heavy atom. The molecule has 554 valence electrons. The normalized spacial score (nSPS) is 13.8. The Morgan fingerprint density at radius 2 is 1.02 bits per heavy atom. The third-order valence-electron chi connectivity index (χ3n) is 18.3. The van der Waals surface area contributed by atoms with Crippen LogP contribution >= 0.6 is 23.5 Å². The molecular weight excluding hydrogens is 1350 g/mol. The molecule has 0 aliphatic carbocycles. The van der Waals surface area contributed by atoms with Crippen LogP contribution in [0, 0.1) is 5.92 Å². The molecule has 1 heterocycles. The van der Waals surface area contributed by atoms with Crippen LogP contribution in [0.5, 0.6) is 5.75 Å². The average molecular weight is 1460 g/mol. The maximum absolute atomic E-state index is 15.0. The minimum Gasteiger partial charge on any atom is -0.491 e. The molecule has 0 spiro atoms. The highest BCUT2D eigenvalue weighted by molar-refractivity contribution is 8.02. The predicted octanol–water partition coefficient (Wildman–Crippen LogP) is 18.3. The van der Waals surface area contributed by atoms with Crippen LogP contribution in [0.2, 0.25) is 0 Å². The molecule has 0 bridgehead atoms. The molecule has 1 aliphatic rings. The number of rotatable bonds is 37. The maximum atomic E-state index is 15.0. The van der Waals surface area contributed by atoms with Gasteiger partial charge in [-0.25, -0.2) is 22.7 Å². The molecule has 0 saturated carbocycles. The molecular formula is C85H111N5O10S3. The van der Waals surface area contributed by atoms with E-state index in [0.717, 1.165) is 65.5 Å². The van der Waals surface area contributed by atoms with Gasteiger partial charge in [0.2, 0.25) is 15.9 Å². The van der Waals surface area contributed by atoms with E-state index < -0.39 is 58.3 Å². The van der Waals surface area contributed by atoms with Gasteiger partial charge in [-0.2, -0.15) is 0 Å². The zero-order chi connectivity index (χ0) is 74.3. The van der Waals surface area contributed by atoms with Crippen LogP contribution in [-0.2, 0) is 45.0 Å². The van der Waals surface area contributed by atoms with Gasteiger partial charge in [0.25, 0.3) is 0 Å². The Balaban J connectivity index is 1.06. The van der Waals surface area contributed by atoms with E-state index in [9.17, 15) is 27.9 Å². The van der Waals surface area contributed by atoms with E-state index in [-0.39, 0.29) is 30.6 Å². The molecule has 7 aromatic carbocycles. The minimum absolute atomic E-state index is 0.151. The summed E-state index contributed by atoms with van der Waals surface area (Å²) in [6.45, 7) is 26.3. The smallest absolute Gasteiger partial charge is 0.410 e. The van der Waals surface area contributed by atoms with Gasteiger partial charge < -0.3 is 39.3 Å². The van der Waals surface area contributed by atoms with E-state index in [2.05, 4.69) is 206 Å². The number of nitrogens with zero attached hydrogens (tertiary/aromatic N) is 3. The number of nitrogens with one attached hydrogen (secondary N) is 2. The van der Waals surface area contributed by atoms with Gasteiger partial charge in [-0.15, -0.1) is 23.5 Å². The van der Waals surface area contributed by atoms with Crippen LogP contribution in [0.15, 0.2) is 200 Å². The van der Waals surface area contributed by atoms with E-state index in [1.165, 1.54) is 0 Å². The molecule has 0 aromatic heterocycles. The first-order valence-corrected chi connectivity index (χ1v) is 40.0. The van der Waals surface area contributed by atoms with Crippen molar-refractivity contribution in [2.45, 2.75) is 183 Å². The number of likely N-dealkylation sites (tertiary alicyclic amines) is 1. The number of carbonyl (C=O) groups excluding carboxylic acids is 3. The van der Waals surface area contributed by atoms with Crippen LogP contribution in [0.3, 0.4) is 0 Å². The number of piperidine rings is 1. The molecule has 3 N–H and O–H groups in total. The lowest BCUT2D eigenvalue weighted by Crippen LogP contribution is -2.49. The third kappa shape index (κ3) is 24.5. The molecule has 15 nitrogen and oxygen atoms in total. The topological polar surface area (TPSA) is 184 Å². The van der Waals surface area contributed by atoms with Gasteiger partial charge in [0.05, 0.1) is 27.5 Å². The van der Waals surface area contributed by atoms with E-state index in [4.69, 9.17) is 14.2 Å². The van der Waals surface area contributed by atoms with E-state index in [0.29, 0.717) is 101 Å². The van der Waals surface area contributed by atoms with Crippen molar-refractivity contribution in [2.24, 2.45) is 5.92 Å². The second-order valence-electron chi connectivity index (χ2n) is 30.4. The van der Waals surface area contributed by atoms with Crippen LogP contribution < -0.4 is 14.8 Å². The molecule has 0 radical (unpaired) electrons. The zero-order valence-corrected chi connectivity index (χ0v) is 65.0. The van der Waals surface area contributed by atoms with E-state index >= 15 is 4.79 Å². The minimum atomic E-state index is -3.89. The summed E-state index contributed by atoms with van der Waals surface area (Å²) < 4.78 is 44.5. The fraction of sp³-hybridized carbons (Fsp3) is 0.459. The van der Waals surface area contributed by atoms with Gasteiger partial charge in [-0.1, -0.05) is 208 Å². The largest absolute Gasteiger partial charge is 0.491 e. The number of carboxylic acids is 1. The number of amides is 3. The average Bonchev–Trinajstić information content (AvgIpc) is 0.753. The third-order valence-corrected chi connectivity index (χ3v) is 23.1. The molecule has 1 saturated heterocycles. The lowest BCUT2D eigenvalue weighted by Gasteiger charge is -2.44. The summed E-state index contributed by atoms with van der Waals surface area (Å²) in [6.07, 6.45) is 5.85. The van der Waals surface area contributed by atoms with Crippen molar-refractivity contribution in [1.82, 2.24) is 19.4 Å². The molecule has 7 aromatic rings. The standard InChI is InChI=1S/C85H111N5O10S3/c1-12-13-60-103(96,97)87-74(77(92)93)62-66-50-51-75(98-59-35-33-36-65-52-55-89(56-53-65)78(94)99-80(2,3)4)73(61-66)86-76(91)49-32-34-54-88(63-82(8,9)101-84(67-37-20-14-21-38-67,68-39-22-15-23-40-68)69-41-24-16-25-42-69)57-58-90(79(95)100-81(5,6)7)64-83(10,11)102-85(70-43-26-17-27-44-70,71-45-28-18-29-46-71)72-47-30-19-31-48-72/h14-31,37-48,50-51,61,65,74,87H,12-13,32-36,49,52-60,62-64H2,1-11H3,(H,86,91)(H,92,93)/t74-/m0/s1. The summed E-state index contributed by atoms with van der Waals surface area (Å²) in [7, 11) is -3.89. The lowest BCUT2D eigenvalue weighted by molar-refractivity contribution is -0.139. The number of benzene rings is 7. The SMILES string of the molecule is CCCCS(=O)(=O)N[C@@H](Cc1ccc(OCCCCC2CCN(C(=O)OC(C)(C)C)CC2)c(NC(=O)CCCCN(CCN(CC(C)(C)SC(c2ccccc2)(c2ccccc2)c2ccccc2)C(=O)OC(C)(C)C)CC(C)(C)SC(c2ccccc2)(c2ccccc2)c2ccccc2)c1)C(=O)O. The van der Waals surface area contributed by atoms with E-state index in [1.54, 1.807) is 23.1 Å². The number of sulfonamides is 1. The number of ether oxygens (including phenoxy) is 3. The predicted molar refractivity (Wildman–Crippen MR) is 422 cm³/mol. The van der Waals surface area contributed by atoms with Gasteiger partial charge in [-0.05, 0) is 184 Å². The first kappa shape index (κ1) is 81.1. The van der Waals surface area contributed by atoms with E-state index in [1.807, 2.05) is 95.1 Å². The van der Waals surface area contributed by atoms with Crippen LogP contribution in [-0.4, -0.2) is 137 Å². The van der Waals surface area contributed by atoms with Crippen molar-refractivity contribution in [3.8, 4) is 5.75 Å². The van der Waals surface area contributed by atoms with Crippen molar-refractivity contribution >= 4 is 63.3 Å². The van der Waals surface area contributed by atoms with Crippen molar-refractivity contribution in [3.63, 3.8) is 0 Å². The number of thioether (sulfide) groups is 2. The number of hydrogen-bond acceptors (Lipinski definition) is 12. The Morgan fingerprint density at radius 1 is 0.563 bits per heavy atom. The van der Waals surface area contributed by atoms with Crippen molar-refractivity contribution in [2.75, 3.05) is 63.5 Å². The van der Waals surface area contributed by atoms with Crippen molar-refractivity contribution in [1.29, 1.82) is 0 Å². The molecule has 18 heteroatoms. The van der Waals surface area contributed by atoms with Gasteiger partial charge in [0.15, 0.2) is 0 Å². The molecule has 1 atom stereocenters. The Bertz CT molecular complexity index is 3690. The number of hydrogen-bond donors (Lipinski definition) is 3. The van der Waals surface area contributed by atoms with Gasteiger partial charge in [-0.3, -0.25) is 9.59 Å². The monoisotopic (exact) mass is 1460 g/mol. The summed E-state index contributed by atoms with van der Waals surface area (Å²) in [6, 6.07) is 67.6. The number of carbonyl (C=O) groups is 4. The summed E-state index contributed by atoms with van der Waals surface area (Å²) >= 11 is 3.74. The van der Waals surface area contributed by atoms with Gasteiger partial charge in [0, 0.05) is 55.2 Å². The van der Waals surface area contributed by atoms with Crippen LogP contribution in [0.4, 0.5) is 15.3 Å². The number of carboxylic acid groups (broad SMARTS) is 1. The molecule has 8 rings (SSSR count). The first-order chi connectivity index (χ1) is 49.0. The molecule has 103 heavy (non-hydrogen) atoms. The second-order valence-corrected chi connectivity index (χ2v) is 36.2. The second kappa shape index (κ2) is 37.4. The number of unbranched alkanes of at least 4 members (excludes halogenated alkanes) is 3. The van der Waals surface area contributed by atoms with Crippen molar-refractivity contribution < 1.29 is 46.9 Å². The Labute approximate surface area is 623 Å². The van der Waals surface area contributed by atoms with Crippen LogP contribution in [0.1, 0.15) is 179 Å². The molecule has 0 unspecified atom stereocenters. The fourth-order valence-corrected chi connectivity index (χ4v) is 18.7. The maximum Gasteiger partial charge on any atom is 0.410 e. The molecule has 1 fully saturated rings. The summed E-state index contributed by atoms with van der Waals surface area (Å²) in [4.78, 5) is 61.0. The number of anilines is 1. The Hall–Kier alpha value is -7.61. The molecule has 1 aliphatic heterocycles. The highest BCUT2D eigenvalue weighted by Crippen LogP contribution is 2.55. The quantitative estimate of drug-likeness (QED) is 0.0247. The highest BCUT2D eigenvalue weighted by atomic mass is 32.2. The fourth-order valence-electron chi connectivity index (χ4n) is 13.6. The van der Waals surface area contributed by atoms with Crippen molar-refractivity contribution in [3.05, 3.63) is 239 Å².